The maximum Gasteiger partial charge on any atom is 0.359 e. The minimum atomic E-state index is -0.849. The molecule has 1 aliphatic carbocycles. The van der Waals surface area contributed by atoms with Crippen molar-refractivity contribution in [3.63, 3.8) is 0 Å². The zero-order valence-corrected chi connectivity index (χ0v) is 17.4. The number of nitrogens with zero attached hydrogens (tertiary/aromatic N) is 1. The summed E-state index contributed by atoms with van der Waals surface area (Å²) in [6, 6.07) is 6.46. The molecule has 3 aromatic rings. The smallest absolute Gasteiger partial charge is 0.359 e. The average molecular weight is 441 g/mol. The van der Waals surface area contributed by atoms with Crippen molar-refractivity contribution in [1.82, 2.24) is 10.2 Å². The third kappa shape index (κ3) is 4.33. The van der Waals surface area contributed by atoms with Crippen LogP contribution < -0.4 is 10.9 Å². The number of esters is 2. The molecule has 1 saturated carbocycles. The standard InChI is InChI=1S/C21H19N3O6S/c1-2-29-20(27)16-14(11-7-8-11)10-31-19(16)22-15(25)9-30-21(28)17-12-5-3-4-6-13(12)18(26)24-23-17/h3-6,10-11H,2,7-9H2,1H3,(H,22,25)(H,24,26). The number of thiophene rings is 1. The summed E-state index contributed by atoms with van der Waals surface area (Å²) >= 11 is 1.24. The summed E-state index contributed by atoms with van der Waals surface area (Å²) in [5, 5.41) is 11.5. The number of carbonyl (C=O) groups is 3. The van der Waals surface area contributed by atoms with Gasteiger partial charge in [0.05, 0.1) is 17.6 Å². The molecule has 0 atom stereocenters. The van der Waals surface area contributed by atoms with Crippen LogP contribution in [0.5, 0.6) is 0 Å². The van der Waals surface area contributed by atoms with E-state index in [-0.39, 0.29) is 12.3 Å². The van der Waals surface area contributed by atoms with Gasteiger partial charge in [-0.3, -0.25) is 9.59 Å². The van der Waals surface area contributed by atoms with E-state index >= 15 is 0 Å². The van der Waals surface area contributed by atoms with E-state index in [2.05, 4.69) is 15.5 Å². The molecule has 4 rings (SSSR count). The van der Waals surface area contributed by atoms with E-state index in [1.807, 2.05) is 5.38 Å². The highest BCUT2D eigenvalue weighted by Crippen LogP contribution is 2.46. The van der Waals surface area contributed by atoms with Crippen molar-refractivity contribution >= 4 is 45.0 Å². The molecule has 1 aliphatic rings. The number of fused-ring (bicyclic) bond motifs is 1. The van der Waals surface area contributed by atoms with Crippen molar-refractivity contribution in [2.45, 2.75) is 25.7 Å². The van der Waals surface area contributed by atoms with Gasteiger partial charge < -0.3 is 14.8 Å². The van der Waals surface area contributed by atoms with Gasteiger partial charge in [-0.25, -0.2) is 14.7 Å². The lowest BCUT2D eigenvalue weighted by molar-refractivity contribution is -0.119. The molecule has 0 aliphatic heterocycles. The molecule has 2 N–H and O–H groups in total. The predicted octanol–water partition coefficient (Wildman–Crippen LogP) is 2.83. The Morgan fingerprint density at radius 3 is 2.61 bits per heavy atom. The van der Waals surface area contributed by atoms with Crippen LogP contribution in [0.2, 0.25) is 0 Å². The third-order valence-corrected chi connectivity index (χ3v) is 5.71. The highest BCUT2D eigenvalue weighted by atomic mass is 32.1. The van der Waals surface area contributed by atoms with Crippen LogP contribution in [0.4, 0.5) is 5.00 Å². The zero-order chi connectivity index (χ0) is 22.0. The molecule has 0 unspecified atom stereocenters. The zero-order valence-electron chi connectivity index (χ0n) is 16.6. The lowest BCUT2D eigenvalue weighted by Gasteiger charge is -2.09. The molecule has 10 heteroatoms. The second-order valence-corrected chi connectivity index (χ2v) is 7.84. The topological polar surface area (TPSA) is 127 Å². The number of carbonyl (C=O) groups excluding carboxylic acids is 3. The van der Waals surface area contributed by atoms with Crippen LogP contribution in [-0.2, 0) is 14.3 Å². The van der Waals surface area contributed by atoms with Crippen molar-refractivity contribution < 1.29 is 23.9 Å². The average Bonchev–Trinajstić information content (AvgIpc) is 3.53. The second kappa shape index (κ2) is 8.68. The number of nitrogens with one attached hydrogen (secondary N) is 2. The van der Waals surface area contributed by atoms with Crippen LogP contribution in [0.1, 0.15) is 52.1 Å². The maximum absolute atomic E-state index is 12.4. The Labute approximate surface area is 180 Å². The van der Waals surface area contributed by atoms with Gasteiger partial charge in [0.1, 0.15) is 5.00 Å². The van der Waals surface area contributed by atoms with Crippen LogP contribution in [0.25, 0.3) is 10.8 Å². The number of hydrogen-bond acceptors (Lipinski definition) is 8. The van der Waals surface area contributed by atoms with Gasteiger partial charge in [-0.05, 0) is 42.7 Å². The highest BCUT2D eigenvalue weighted by Gasteiger charge is 2.32. The fourth-order valence-electron chi connectivity index (χ4n) is 3.20. The summed E-state index contributed by atoms with van der Waals surface area (Å²) in [5.74, 6) is -1.63. The molecular formula is C21H19N3O6S. The Balaban J connectivity index is 1.46. The second-order valence-electron chi connectivity index (χ2n) is 6.96. The summed E-state index contributed by atoms with van der Waals surface area (Å²) in [5.41, 5.74) is 0.713. The predicted molar refractivity (Wildman–Crippen MR) is 114 cm³/mol. The quantitative estimate of drug-likeness (QED) is 0.540. The first-order valence-electron chi connectivity index (χ1n) is 9.72. The number of aromatic nitrogens is 2. The molecule has 0 spiro atoms. The Morgan fingerprint density at radius 1 is 1.16 bits per heavy atom. The van der Waals surface area contributed by atoms with Gasteiger partial charge in [-0.2, -0.15) is 5.10 Å². The van der Waals surface area contributed by atoms with Crippen LogP contribution >= 0.6 is 11.3 Å². The van der Waals surface area contributed by atoms with Crippen molar-refractivity contribution in [3.8, 4) is 0 Å². The van der Waals surface area contributed by atoms with Gasteiger partial charge in [-0.15, -0.1) is 11.3 Å². The highest BCUT2D eigenvalue weighted by molar-refractivity contribution is 7.15. The fourth-order valence-corrected chi connectivity index (χ4v) is 4.25. The Kier molecular flexibility index (Phi) is 5.81. The molecule has 2 heterocycles. The molecule has 1 fully saturated rings. The van der Waals surface area contributed by atoms with Gasteiger partial charge >= 0.3 is 11.9 Å². The first-order chi connectivity index (χ1) is 15.0. The molecule has 1 aromatic carbocycles. The van der Waals surface area contributed by atoms with E-state index < -0.39 is 30.0 Å². The van der Waals surface area contributed by atoms with E-state index in [1.165, 1.54) is 11.3 Å². The molecule has 160 valence electrons. The van der Waals surface area contributed by atoms with Gasteiger partial charge in [0, 0.05) is 5.39 Å². The molecule has 31 heavy (non-hydrogen) atoms. The first kappa shape index (κ1) is 20.7. The first-order valence-corrected chi connectivity index (χ1v) is 10.6. The summed E-state index contributed by atoms with van der Waals surface area (Å²) in [6.45, 7) is 1.37. The van der Waals surface area contributed by atoms with E-state index in [9.17, 15) is 19.2 Å². The number of H-pyrrole nitrogens is 1. The van der Waals surface area contributed by atoms with E-state index in [4.69, 9.17) is 9.47 Å². The van der Waals surface area contributed by atoms with Crippen LogP contribution in [0.15, 0.2) is 34.4 Å². The van der Waals surface area contributed by atoms with E-state index in [1.54, 1.807) is 31.2 Å². The Morgan fingerprint density at radius 2 is 1.90 bits per heavy atom. The molecule has 0 bridgehead atoms. The maximum atomic E-state index is 12.4. The molecule has 9 nitrogen and oxygen atoms in total. The number of hydrogen-bond donors (Lipinski definition) is 2. The van der Waals surface area contributed by atoms with Crippen molar-refractivity contribution in [1.29, 1.82) is 0 Å². The monoisotopic (exact) mass is 441 g/mol. The third-order valence-electron chi connectivity index (χ3n) is 4.79. The van der Waals surface area contributed by atoms with E-state index in [0.29, 0.717) is 27.3 Å². The molecule has 2 aromatic heterocycles. The van der Waals surface area contributed by atoms with E-state index in [0.717, 1.165) is 18.4 Å². The number of amides is 1. The lowest BCUT2D eigenvalue weighted by Crippen LogP contribution is -2.23. The summed E-state index contributed by atoms with van der Waals surface area (Å²) in [6.07, 6.45) is 1.99. The SMILES string of the molecule is CCOC(=O)c1c(C2CC2)csc1NC(=O)COC(=O)c1n[nH]c(=O)c2ccccc12. The van der Waals surface area contributed by atoms with Crippen molar-refractivity contribution in [3.05, 3.63) is 56.8 Å². The molecule has 1 amide bonds. The largest absolute Gasteiger partial charge is 0.462 e. The van der Waals surface area contributed by atoms with Gasteiger partial charge in [0.2, 0.25) is 0 Å². The summed E-state index contributed by atoms with van der Waals surface area (Å²) in [7, 11) is 0. The van der Waals surface area contributed by atoms with Crippen LogP contribution in [0, 0.1) is 0 Å². The Hall–Kier alpha value is -3.53. The van der Waals surface area contributed by atoms with Crippen LogP contribution in [-0.4, -0.2) is 41.3 Å². The number of ether oxygens (including phenoxy) is 2. The van der Waals surface area contributed by atoms with Crippen LogP contribution in [0.3, 0.4) is 0 Å². The summed E-state index contributed by atoms with van der Waals surface area (Å²) in [4.78, 5) is 49.0. The van der Waals surface area contributed by atoms with Gasteiger partial charge in [0.25, 0.3) is 11.5 Å². The van der Waals surface area contributed by atoms with Gasteiger partial charge in [-0.1, -0.05) is 18.2 Å². The Bertz CT molecular complexity index is 1230. The number of rotatable bonds is 7. The van der Waals surface area contributed by atoms with Crippen molar-refractivity contribution in [2.24, 2.45) is 0 Å². The normalized spacial score (nSPS) is 13.1. The minimum Gasteiger partial charge on any atom is -0.462 e. The molecule has 0 saturated heterocycles. The minimum absolute atomic E-state index is 0.0950. The number of aromatic amines is 1. The molecular weight excluding hydrogens is 422 g/mol. The lowest BCUT2D eigenvalue weighted by atomic mass is 10.1. The number of anilines is 1. The molecule has 0 radical (unpaired) electrons. The summed E-state index contributed by atoms with van der Waals surface area (Å²) < 4.78 is 10.2. The van der Waals surface area contributed by atoms with Gasteiger partial charge in [0.15, 0.2) is 12.3 Å². The fraction of sp³-hybridized carbons (Fsp3) is 0.286. The number of benzene rings is 1. The van der Waals surface area contributed by atoms with Crippen molar-refractivity contribution in [2.75, 3.05) is 18.5 Å².